The minimum Gasteiger partial charge on any atom is -0.324 e. The minimum atomic E-state index is 0.0887. The number of piperidine rings is 1. The second-order valence-electron chi connectivity index (χ2n) is 6.99. The lowest BCUT2D eigenvalue weighted by atomic mass is 9.98. The monoisotopic (exact) mass is 301 g/mol. The van der Waals surface area contributed by atoms with Crippen molar-refractivity contribution >= 4 is 11.6 Å². The van der Waals surface area contributed by atoms with Gasteiger partial charge in [0.1, 0.15) is 0 Å². The number of carbonyl (C=O) groups is 1. The largest absolute Gasteiger partial charge is 0.324 e. The first-order valence-corrected chi connectivity index (χ1v) is 8.35. The Bertz CT molecular complexity index is 525. The van der Waals surface area contributed by atoms with Crippen LogP contribution in [0, 0.1) is 13.8 Å². The Morgan fingerprint density at radius 1 is 1.23 bits per heavy atom. The number of hydrogen-bond acceptors (Lipinski definition) is 3. The number of amides is 1. The summed E-state index contributed by atoms with van der Waals surface area (Å²) in [6, 6.07) is 7.95. The van der Waals surface area contributed by atoms with Crippen molar-refractivity contribution < 1.29 is 4.79 Å². The summed E-state index contributed by atoms with van der Waals surface area (Å²) in [5.41, 5.74) is 3.21. The highest BCUT2D eigenvalue weighted by Gasteiger charge is 2.35. The maximum absolute atomic E-state index is 12.4. The normalized spacial score (nSPS) is 27.2. The molecule has 0 aliphatic carbocycles. The van der Waals surface area contributed by atoms with E-state index in [1.165, 1.54) is 25.7 Å². The van der Waals surface area contributed by atoms with E-state index in [4.69, 9.17) is 0 Å². The van der Waals surface area contributed by atoms with Crippen LogP contribution in [0.25, 0.3) is 0 Å². The van der Waals surface area contributed by atoms with Gasteiger partial charge in [-0.1, -0.05) is 18.2 Å². The summed E-state index contributed by atoms with van der Waals surface area (Å²) < 4.78 is 0. The summed E-state index contributed by atoms with van der Waals surface area (Å²) in [5.74, 6) is 0.0887. The first kappa shape index (κ1) is 15.5. The van der Waals surface area contributed by atoms with Gasteiger partial charge in [-0.15, -0.1) is 0 Å². The zero-order chi connectivity index (χ0) is 15.7. The molecule has 0 aromatic heterocycles. The predicted octanol–water partition coefficient (Wildman–Crippen LogP) is 2.46. The quantitative estimate of drug-likeness (QED) is 0.898. The number of anilines is 1. The van der Waals surface area contributed by atoms with Crippen molar-refractivity contribution in [3.63, 3.8) is 0 Å². The Balaban J connectivity index is 1.57. The summed E-state index contributed by atoms with van der Waals surface area (Å²) in [6.45, 7) is 4.55. The number of aryl methyl sites for hydroxylation is 2. The van der Waals surface area contributed by atoms with Gasteiger partial charge in [-0.2, -0.15) is 0 Å². The molecule has 1 aromatic rings. The molecule has 120 valence electrons. The molecule has 2 atom stereocenters. The van der Waals surface area contributed by atoms with Crippen molar-refractivity contribution in [2.24, 2.45) is 0 Å². The van der Waals surface area contributed by atoms with Crippen LogP contribution >= 0.6 is 0 Å². The van der Waals surface area contributed by atoms with Crippen LogP contribution in [0.1, 0.15) is 36.8 Å². The van der Waals surface area contributed by atoms with Crippen LogP contribution in [0.4, 0.5) is 5.69 Å². The Kier molecular flexibility index (Phi) is 4.50. The maximum Gasteiger partial charge on any atom is 0.238 e. The molecule has 2 N–H and O–H groups in total. The number of para-hydroxylation sites is 1. The number of rotatable bonds is 4. The summed E-state index contributed by atoms with van der Waals surface area (Å²) in [5, 5.41) is 6.75. The molecule has 4 heteroatoms. The van der Waals surface area contributed by atoms with E-state index in [9.17, 15) is 4.79 Å². The lowest BCUT2D eigenvalue weighted by Crippen LogP contribution is -2.48. The lowest BCUT2D eigenvalue weighted by molar-refractivity contribution is -0.117. The van der Waals surface area contributed by atoms with Gasteiger partial charge >= 0.3 is 0 Å². The SMILES string of the molecule is Cc1cccc(C)c1NC(=O)CN(C)C1CC2CCC(C1)N2. The number of fused-ring (bicyclic) bond motifs is 2. The molecule has 2 saturated heterocycles. The number of benzene rings is 1. The second-order valence-corrected chi connectivity index (χ2v) is 6.99. The molecule has 3 rings (SSSR count). The Morgan fingerprint density at radius 2 is 1.82 bits per heavy atom. The van der Waals surface area contributed by atoms with Crippen LogP contribution in [0.2, 0.25) is 0 Å². The van der Waals surface area contributed by atoms with E-state index >= 15 is 0 Å². The van der Waals surface area contributed by atoms with Crippen LogP contribution in [0.15, 0.2) is 18.2 Å². The molecular formula is C18H27N3O. The van der Waals surface area contributed by atoms with Crippen molar-refractivity contribution in [1.29, 1.82) is 0 Å². The molecular weight excluding hydrogens is 274 g/mol. The standard InChI is InChI=1S/C18H27N3O/c1-12-5-4-6-13(2)18(12)20-17(22)11-21(3)16-9-14-7-8-15(10-16)19-14/h4-6,14-16,19H,7-11H2,1-3H3,(H,20,22). The van der Waals surface area contributed by atoms with Crippen molar-refractivity contribution in [2.75, 3.05) is 18.9 Å². The molecule has 1 aromatic carbocycles. The fourth-order valence-corrected chi connectivity index (χ4v) is 3.93. The number of likely N-dealkylation sites (N-methyl/N-ethyl adjacent to an activating group) is 1. The van der Waals surface area contributed by atoms with Gasteiger partial charge in [0.05, 0.1) is 6.54 Å². The first-order chi connectivity index (χ1) is 10.5. The van der Waals surface area contributed by atoms with Crippen molar-refractivity contribution in [3.05, 3.63) is 29.3 Å². The molecule has 2 aliphatic heterocycles. The van der Waals surface area contributed by atoms with Gasteiger partial charge in [0, 0.05) is 23.8 Å². The van der Waals surface area contributed by atoms with Gasteiger partial charge in [-0.05, 0) is 57.7 Å². The third kappa shape index (κ3) is 3.33. The average Bonchev–Trinajstić information content (AvgIpc) is 2.81. The molecule has 0 saturated carbocycles. The summed E-state index contributed by atoms with van der Waals surface area (Å²) in [7, 11) is 2.08. The predicted molar refractivity (Wildman–Crippen MR) is 90.1 cm³/mol. The molecule has 2 unspecified atom stereocenters. The van der Waals surface area contributed by atoms with Crippen LogP contribution in [0.3, 0.4) is 0 Å². The summed E-state index contributed by atoms with van der Waals surface area (Å²) in [4.78, 5) is 14.6. The van der Waals surface area contributed by atoms with E-state index < -0.39 is 0 Å². The van der Waals surface area contributed by atoms with Gasteiger partial charge < -0.3 is 10.6 Å². The van der Waals surface area contributed by atoms with Crippen molar-refractivity contribution in [1.82, 2.24) is 10.2 Å². The molecule has 4 nitrogen and oxygen atoms in total. The molecule has 22 heavy (non-hydrogen) atoms. The topological polar surface area (TPSA) is 44.4 Å². The average molecular weight is 301 g/mol. The number of hydrogen-bond donors (Lipinski definition) is 2. The Morgan fingerprint density at radius 3 is 2.41 bits per heavy atom. The van der Waals surface area contributed by atoms with E-state index in [1.807, 2.05) is 32.0 Å². The third-order valence-electron chi connectivity index (χ3n) is 5.21. The third-order valence-corrected chi connectivity index (χ3v) is 5.21. The number of carbonyl (C=O) groups excluding carboxylic acids is 1. The van der Waals surface area contributed by atoms with Crippen LogP contribution in [-0.4, -0.2) is 42.5 Å². The highest BCUT2D eigenvalue weighted by Crippen LogP contribution is 2.29. The van der Waals surface area contributed by atoms with Crippen molar-refractivity contribution in [3.8, 4) is 0 Å². The van der Waals surface area contributed by atoms with E-state index in [2.05, 4.69) is 22.6 Å². The fraction of sp³-hybridized carbons (Fsp3) is 0.611. The molecule has 1 amide bonds. The van der Waals surface area contributed by atoms with Crippen LogP contribution in [0.5, 0.6) is 0 Å². The molecule has 2 aliphatic rings. The highest BCUT2D eigenvalue weighted by atomic mass is 16.2. The Labute approximate surface area is 133 Å². The molecule has 2 fully saturated rings. The fourth-order valence-electron chi connectivity index (χ4n) is 3.93. The Hall–Kier alpha value is -1.39. The molecule has 2 bridgehead atoms. The zero-order valence-electron chi connectivity index (χ0n) is 13.9. The number of nitrogens with one attached hydrogen (secondary N) is 2. The summed E-state index contributed by atoms with van der Waals surface area (Å²) >= 11 is 0. The van der Waals surface area contributed by atoms with Crippen LogP contribution in [-0.2, 0) is 4.79 Å². The highest BCUT2D eigenvalue weighted by molar-refractivity contribution is 5.93. The van der Waals surface area contributed by atoms with E-state index in [0.717, 1.165) is 16.8 Å². The van der Waals surface area contributed by atoms with Gasteiger partial charge in [0.25, 0.3) is 0 Å². The van der Waals surface area contributed by atoms with E-state index in [0.29, 0.717) is 24.7 Å². The van der Waals surface area contributed by atoms with Gasteiger partial charge in [0.2, 0.25) is 5.91 Å². The second kappa shape index (κ2) is 6.39. The summed E-state index contributed by atoms with van der Waals surface area (Å²) in [6.07, 6.45) is 4.93. The zero-order valence-corrected chi connectivity index (χ0v) is 13.9. The van der Waals surface area contributed by atoms with Crippen molar-refractivity contribution in [2.45, 2.75) is 57.7 Å². The van der Waals surface area contributed by atoms with E-state index in [-0.39, 0.29) is 5.91 Å². The van der Waals surface area contributed by atoms with Gasteiger partial charge in [0.15, 0.2) is 0 Å². The smallest absolute Gasteiger partial charge is 0.238 e. The number of nitrogens with zero attached hydrogens (tertiary/aromatic N) is 1. The lowest BCUT2D eigenvalue weighted by Gasteiger charge is -2.35. The maximum atomic E-state index is 12.4. The molecule has 0 spiro atoms. The van der Waals surface area contributed by atoms with Gasteiger partial charge in [-0.25, -0.2) is 0 Å². The molecule has 2 heterocycles. The molecule has 0 radical (unpaired) electrons. The van der Waals surface area contributed by atoms with Gasteiger partial charge in [-0.3, -0.25) is 9.69 Å². The van der Waals surface area contributed by atoms with Crippen LogP contribution < -0.4 is 10.6 Å². The first-order valence-electron chi connectivity index (χ1n) is 8.35. The minimum absolute atomic E-state index is 0.0887. The van der Waals surface area contributed by atoms with E-state index in [1.54, 1.807) is 0 Å².